The lowest BCUT2D eigenvalue weighted by atomic mass is 10.1. The minimum Gasteiger partial charge on any atom is -0.352 e. The second-order valence-corrected chi connectivity index (χ2v) is 6.13. The molecule has 0 spiro atoms. The maximum absolute atomic E-state index is 12.2. The molecule has 0 saturated carbocycles. The highest BCUT2D eigenvalue weighted by atomic mass is 35.5. The number of hydrogen-bond donors (Lipinski definition) is 1. The van der Waals surface area contributed by atoms with Gasteiger partial charge >= 0.3 is 0 Å². The minimum absolute atomic E-state index is 0.0202. The summed E-state index contributed by atoms with van der Waals surface area (Å²) in [6.07, 6.45) is 2.61. The standard InChI is InChI=1S/C14H18ClNOS/c1-2-11(7-8-15)16-14(17)13-9-10-5-3-4-6-12(10)18-13/h3-6,11,13H,2,7-9H2,1H3,(H,16,17). The van der Waals surface area contributed by atoms with Gasteiger partial charge in [0.1, 0.15) is 0 Å². The number of fused-ring (bicyclic) bond motifs is 1. The van der Waals surface area contributed by atoms with Crippen molar-refractivity contribution in [3.05, 3.63) is 29.8 Å². The second kappa shape index (κ2) is 6.48. The lowest BCUT2D eigenvalue weighted by Gasteiger charge is -2.18. The van der Waals surface area contributed by atoms with E-state index in [0.717, 1.165) is 19.3 Å². The van der Waals surface area contributed by atoms with E-state index in [-0.39, 0.29) is 17.2 Å². The Morgan fingerprint density at radius 3 is 3.00 bits per heavy atom. The monoisotopic (exact) mass is 283 g/mol. The van der Waals surface area contributed by atoms with Gasteiger partial charge in [0.05, 0.1) is 5.25 Å². The summed E-state index contributed by atoms with van der Waals surface area (Å²) in [7, 11) is 0. The normalized spacial score (nSPS) is 19.3. The summed E-state index contributed by atoms with van der Waals surface area (Å²) >= 11 is 7.40. The van der Waals surface area contributed by atoms with Crippen molar-refractivity contribution in [2.75, 3.05) is 5.88 Å². The number of alkyl halides is 1. The van der Waals surface area contributed by atoms with Crippen molar-refractivity contribution in [2.45, 2.75) is 42.4 Å². The Morgan fingerprint density at radius 1 is 1.56 bits per heavy atom. The molecule has 1 amide bonds. The van der Waals surface area contributed by atoms with E-state index in [2.05, 4.69) is 24.4 Å². The van der Waals surface area contributed by atoms with Crippen LogP contribution in [0.4, 0.5) is 0 Å². The number of carbonyl (C=O) groups excluding carboxylic acids is 1. The average Bonchev–Trinajstić information content (AvgIpc) is 2.82. The number of benzene rings is 1. The lowest BCUT2D eigenvalue weighted by molar-refractivity contribution is -0.121. The minimum atomic E-state index is 0.0202. The molecule has 2 unspecified atom stereocenters. The van der Waals surface area contributed by atoms with Crippen LogP contribution in [0.2, 0.25) is 0 Å². The van der Waals surface area contributed by atoms with E-state index in [4.69, 9.17) is 11.6 Å². The van der Waals surface area contributed by atoms with Gasteiger partial charge in [-0.25, -0.2) is 0 Å². The Hall–Kier alpha value is -0.670. The van der Waals surface area contributed by atoms with Gasteiger partial charge in [-0.3, -0.25) is 4.79 Å². The SMILES string of the molecule is CCC(CCCl)NC(=O)C1Cc2ccccc2S1. The molecule has 0 aliphatic carbocycles. The molecule has 2 atom stereocenters. The molecular weight excluding hydrogens is 266 g/mol. The molecule has 0 saturated heterocycles. The number of nitrogens with one attached hydrogen (secondary N) is 1. The van der Waals surface area contributed by atoms with E-state index in [9.17, 15) is 4.79 Å². The highest BCUT2D eigenvalue weighted by Gasteiger charge is 2.28. The summed E-state index contributed by atoms with van der Waals surface area (Å²) in [5.74, 6) is 0.741. The van der Waals surface area contributed by atoms with Gasteiger partial charge in [0, 0.05) is 16.8 Å². The van der Waals surface area contributed by atoms with Crippen molar-refractivity contribution < 1.29 is 4.79 Å². The van der Waals surface area contributed by atoms with Crippen LogP contribution < -0.4 is 5.32 Å². The largest absolute Gasteiger partial charge is 0.352 e. The van der Waals surface area contributed by atoms with Crippen LogP contribution in [0.1, 0.15) is 25.3 Å². The van der Waals surface area contributed by atoms with Crippen molar-refractivity contribution in [1.82, 2.24) is 5.32 Å². The first-order chi connectivity index (χ1) is 8.74. The van der Waals surface area contributed by atoms with Gasteiger partial charge in [-0.15, -0.1) is 23.4 Å². The molecule has 18 heavy (non-hydrogen) atoms. The second-order valence-electron chi connectivity index (χ2n) is 4.51. The van der Waals surface area contributed by atoms with Gasteiger partial charge in [0.15, 0.2) is 0 Å². The van der Waals surface area contributed by atoms with Gasteiger partial charge in [0.25, 0.3) is 0 Å². The molecule has 1 N–H and O–H groups in total. The molecule has 1 heterocycles. The van der Waals surface area contributed by atoms with E-state index >= 15 is 0 Å². The molecule has 1 aromatic carbocycles. The third-order valence-electron chi connectivity index (χ3n) is 3.24. The van der Waals surface area contributed by atoms with Crippen molar-refractivity contribution in [3.8, 4) is 0 Å². The van der Waals surface area contributed by atoms with Gasteiger partial charge < -0.3 is 5.32 Å². The summed E-state index contributed by atoms with van der Waals surface area (Å²) in [5, 5.41) is 3.12. The van der Waals surface area contributed by atoms with E-state index in [0.29, 0.717) is 5.88 Å². The Labute approximate surface area is 117 Å². The first kappa shape index (κ1) is 13.8. The number of amides is 1. The molecule has 1 aromatic rings. The van der Waals surface area contributed by atoms with Gasteiger partial charge in [0.2, 0.25) is 5.91 Å². The fraction of sp³-hybridized carbons (Fsp3) is 0.500. The summed E-state index contributed by atoms with van der Waals surface area (Å²) < 4.78 is 0. The van der Waals surface area contributed by atoms with Gasteiger partial charge in [-0.05, 0) is 30.9 Å². The Kier molecular flexibility index (Phi) is 4.95. The van der Waals surface area contributed by atoms with Crippen molar-refractivity contribution in [1.29, 1.82) is 0 Å². The van der Waals surface area contributed by atoms with E-state index in [1.807, 2.05) is 12.1 Å². The van der Waals surface area contributed by atoms with Crippen molar-refractivity contribution in [3.63, 3.8) is 0 Å². The number of carbonyl (C=O) groups is 1. The van der Waals surface area contributed by atoms with E-state index in [1.54, 1.807) is 11.8 Å². The fourth-order valence-corrected chi connectivity index (χ4v) is 3.60. The molecule has 0 aromatic heterocycles. The Bertz CT molecular complexity index is 399. The van der Waals surface area contributed by atoms with Gasteiger partial charge in [-0.2, -0.15) is 0 Å². The first-order valence-electron chi connectivity index (χ1n) is 6.35. The lowest BCUT2D eigenvalue weighted by Crippen LogP contribution is -2.40. The molecular formula is C14H18ClNOS. The number of thioether (sulfide) groups is 1. The van der Waals surface area contributed by atoms with E-state index in [1.165, 1.54) is 10.5 Å². The average molecular weight is 284 g/mol. The van der Waals surface area contributed by atoms with Gasteiger partial charge in [-0.1, -0.05) is 25.1 Å². The van der Waals surface area contributed by atoms with Crippen LogP contribution in [0.15, 0.2) is 29.2 Å². The summed E-state index contributed by atoms with van der Waals surface area (Å²) in [5.41, 5.74) is 1.29. The van der Waals surface area contributed by atoms with Crippen LogP contribution in [0.3, 0.4) is 0 Å². The highest BCUT2D eigenvalue weighted by Crippen LogP contribution is 2.36. The Morgan fingerprint density at radius 2 is 2.33 bits per heavy atom. The molecule has 0 fully saturated rings. The maximum atomic E-state index is 12.2. The van der Waals surface area contributed by atoms with Crippen LogP contribution >= 0.6 is 23.4 Å². The van der Waals surface area contributed by atoms with Crippen molar-refractivity contribution in [2.24, 2.45) is 0 Å². The quantitative estimate of drug-likeness (QED) is 0.841. The molecule has 1 aliphatic heterocycles. The predicted molar refractivity (Wildman–Crippen MR) is 77.3 cm³/mol. The number of hydrogen-bond acceptors (Lipinski definition) is 2. The van der Waals surface area contributed by atoms with E-state index < -0.39 is 0 Å². The predicted octanol–water partition coefficient (Wildman–Crippen LogP) is 3.23. The summed E-state index contributed by atoms with van der Waals surface area (Å²) in [6, 6.07) is 8.45. The zero-order chi connectivity index (χ0) is 13.0. The topological polar surface area (TPSA) is 29.1 Å². The third-order valence-corrected chi connectivity index (χ3v) is 4.77. The zero-order valence-corrected chi connectivity index (χ0v) is 12.1. The van der Waals surface area contributed by atoms with Crippen LogP contribution in [-0.4, -0.2) is 23.1 Å². The molecule has 98 valence electrons. The van der Waals surface area contributed by atoms with Crippen LogP contribution in [0.5, 0.6) is 0 Å². The fourth-order valence-electron chi connectivity index (χ4n) is 2.13. The smallest absolute Gasteiger partial charge is 0.234 e. The number of rotatable bonds is 5. The van der Waals surface area contributed by atoms with Crippen molar-refractivity contribution >= 4 is 29.3 Å². The Balaban J connectivity index is 1.92. The molecule has 2 nitrogen and oxygen atoms in total. The summed E-state index contributed by atoms with van der Waals surface area (Å²) in [6.45, 7) is 2.08. The summed E-state index contributed by atoms with van der Waals surface area (Å²) in [4.78, 5) is 13.4. The van der Waals surface area contributed by atoms with Crippen LogP contribution in [-0.2, 0) is 11.2 Å². The highest BCUT2D eigenvalue weighted by molar-refractivity contribution is 8.01. The third kappa shape index (κ3) is 3.21. The van der Waals surface area contributed by atoms with Crippen LogP contribution in [0, 0.1) is 0 Å². The zero-order valence-electron chi connectivity index (χ0n) is 10.5. The molecule has 1 aliphatic rings. The molecule has 2 rings (SSSR count). The van der Waals surface area contributed by atoms with Crippen LogP contribution in [0.25, 0.3) is 0 Å². The maximum Gasteiger partial charge on any atom is 0.234 e. The number of halogens is 1. The molecule has 0 bridgehead atoms. The first-order valence-corrected chi connectivity index (χ1v) is 7.77. The molecule has 0 radical (unpaired) electrons. The molecule has 4 heteroatoms.